The molecule has 2 rings (SSSR count). The summed E-state index contributed by atoms with van der Waals surface area (Å²) in [6.07, 6.45) is 5.35. The SMILES string of the molecule is [CH2]CN1CCN(CCCC2CCOCC2)CC1. The Balaban J connectivity index is 1.53. The molecule has 0 bridgehead atoms. The third-order valence-electron chi connectivity index (χ3n) is 4.21. The van der Waals surface area contributed by atoms with Gasteiger partial charge in [-0.2, -0.15) is 0 Å². The van der Waals surface area contributed by atoms with Gasteiger partial charge >= 0.3 is 0 Å². The lowest BCUT2D eigenvalue weighted by Gasteiger charge is -2.34. The summed E-state index contributed by atoms with van der Waals surface area (Å²) in [6.45, 7) is 13.1. The van der Waals surface area contributed by atoms with Crippen molar-refractivity contribution in [2.24, 2.45) is 5.92 Å². The van der Waals surface area contributed by atoms with Crippen LogP contribution in [0.4, 0.5) is 0 Å². The summed E-state index contributed by atoms with van der Waals surface area (Å²) in [4.78, 5) is 5.06. The van der Waals surface area contributed by atoms with Crippen LogP contribution in [0.25, 0.3) is 0 Å². The zero-order valence-corrected chi connectivity index (χ0v) is 11.1. The molecule has 3 nitrogen and oxygen atoms in total. The van der Waals surface area contributed by atoms with Crippen molar-refractivity contribution in [1.29, 1.82) is 0 Å². The Labute approximate surface area is 106 Å². The molecule has 0 unspecified atom stereocenters. The minimum Gasteiger partial charge on any atom is -0.381 e. The molecule has 2 aliphatic rings. The first-order chi connectivity index (χ1) is 8.38. The third-order valence-corrected chi connectivity index (χ3v) is 4.21. The Kier molecular flexibility index (Phi) is 5.75. The minimum absolute atomic E-state index is 0.935. The molecule has 99 valence electrons. The summed E-state index contributed by atoms with van der Waals surface area (Å²) in [7, 11) is 0. The average molecular weight is 239 g/mol. The quantitative estimate of drug-likeness (QED) is 0.725. The highest BCUT2D eigenvalue weighted by Gasteiger charge is 2.17. The van der Waals surface area contributed by atoms with Gasteiger partial charge in [0.1, 0.15) is 0 Å². The Morgan fingerprint density at radius 3 is 2.29 bits per heavy atom. The number of piperazine rings is 1. The van der Waals surface area contributed by atoms with Crippen molar-refractivity contribution in [1.82, 2.24) is 9.80 Å². The molecule has 0 aromatic carbocycles. The number of ether oxygens (including phenoxy) is 1. The zero-order chi connectivity index (χ0) is 11.9. The highest BCUT2D eigenvalue weighted by atomic mass is 16.5. The molecule has 17 heavy (non-hydrogen) atoms. The molecule has 2 saturated heterocycles. The second-order valence-corrected chi connectivity index (χ2v) is 5.38. The number of nitrogens with zero attached hydrogens (tertiary/aromatic N) is 2. The molecule has 0 atom stereocenters. The molecule has 0 aromatic heterocycles. The normalized spacial score (nSPS) is 25.2. The standard InChI is InChI=1S/C14H27N2O/c1-2-15-8-10-16(11-9-15)7-3-4-14-5-12-17-13-6-14/h14H,1-13H2. The maximum atomic E-state index is 5.40. The Hall–Kier alpha value is -0.120. The van der Waals surface area contributed by atoms with E-state index in [1.54, 1.807) is 0 Å². The maximum Gasteiger partial charge on any atom is 0.0468 e. The molecule has 2 fully saturated rings. The summed E-state index contributed by atoms with van der Waals surface area (Å²) >= 11 is 0. The first-order valence-corrected chi connectivity index (χ1v) is 7.20. The van der Waals surface area contributed by atoms with Gasteiger partial charge in [0.15, 0.2) is 0 Å². The predicted molar refractivity (Wildman–Crippen MR) is 71.0 cm³/mol. The topological polar surface area (TPSA) is 15.7 Å². The Morgan fingerprint density at radius 2 is 1.65 bits per heavy atom. The van der Waals surface area contributed by atoms with Gasteiger partial charge in [-0.25, -0.2) is 0 Å². The van der Waals surface area contributed by atoms with Gasteiger partial charge in [-0.1, -0.05) is 0 Å². The fourth-order valence-electron chi connectivity index (χ4n) is 2.88. The molecule has 0 N–H and O–H groups in total. The van der Waals surface area contributed by atoms with Crippen LogP contribution in [0.5, 0.6) is 0 Å². The van der Waals surface area contributed by atoms with Crippen LogP contribution in [0.3, 0.4) is 0 Å². The van der Waals surface area contributed by atoms with E-state index < -0.39 is 0 Å². The van der Waals surface area contributed by atoms with Gasteiger partial charge in [-0.15, -0.1) is 0 Å². The van der Waals surface area contributed by atoms with E-state index in [1.807, 2.05) is 0 Å². The maximum absolute atomic E-state index is 5.40. The van der Waals surface area contributed by atoms with E-state index in [2.05, 4.69) is 16.7 Å². The van der Waals surface area contributed by atoms with Crippen LogP contribution in [0.15, 0.2) is 0 Å². The smallest absolute Gasteiger partial charge is 0.0468 e. The van der Waals surface area contributed by atoms with Crippen molar-refractivity contribution in [3.63, 3.8) is 0 Å². The summed E-state index contributed by atoms with van der Waals surface area (Å²) < 4.78 is 5.40. The second-order valence-electron chi connectivity index (χ2n) is 5.38. The first kappa shape index (κ1) is 13.3. The second kappa shape index (κ2) is 7.34. The summed E-state index contributed by atoms with van der Waals surface area (Å²) in [5.74, 6) is 0.935. The number of hydrogen-bond acceptors (Lipinski definition) is 3. The fraction of sp³-hybridized carbons (Fsp3) is 0.929. The molecule has 0 saturated carbocycles. The lowest BCUT2D eigenvalue weighted by Crippen LogP contribution is -2.46. The largest absolute Gasteiger partial charge is 0.381 e. The van der Waals surface area contributed by atoms with E-state index >= 15 is 0 Å². The highest BCUT2D eigenvalue weighted by Crippen LogP contribution is 2.20. The molecule has 0 spiro atoms. The van der Waals surface area contributed by atoms with Gasteiger partial charge in [0.25, 0.3) is 0 Å². The van der Waals surface area contributed by atoms with Crippen LogP contribution in [0.1, 0.15) is 25.7 Å². The van der Waals surface area contributed by atoms with Crippen molar-refractivity contribution >= 4 is 0 Å². The summed E-state index contributed by atoms with van der Waals surface area (Å²) in [5.41, 5.74) is 0. The minimum atomic E-state index is 0.935. The van der Waals surface area contributed by atoms with Crippen molar-refractivity contribution in [3.8, 4) is 0 Å². The Morgan fingerprint density at radius 1 is 1.00 bits per heavy atom. The van der Waals surface area contributed by atoms with Crippen LogP contribution in [0.2, 0.25) is 0 Å². The molecule has 0 aromatic rings. The van der Waals surface area contributed by atoms with Crippen LogP contribution in [-0.2, 0) is 4.74 Å². The Bertz CT molecular complexity index is 196. The molecular formula is C14H27N2O. The van der Waals surface area contributed by atoms with E-state index in [9.17, 15) is 0 Å². The molecule has 2 heterocycles. The highest BCUT2D eigenvalue weighted by molar-refractivity contribution is 4.73. The number of hydrogen-bond donors (Lipinski definition) is 0. The van der Waals surface area contributed by atoms with Crippen LogP contribution >= 0.6 is 0 Å². The van der Waals surface area contributed by atoms with Crippen molar-refractivity contribution in [2.75, 3.05) is 52.5 Å². The van der Waals surface area contributed by atoms with Gasteiger partial charge in [0.05, 0.1) is 0 Å². The molecule has 0 amide bonds. The monoisotopic (exact) mass is 239 g/mol. The molecule has 3 heteroatoms. The molecule has 2 aliphatic heterocycles. The van der Waals surface area contributed by atoms with E-state index in [0.29, 0.717) is 0 Å². The van der Waals surface area contributed by atoms with Crippen LogP contribution in [0, 0.1) is 12.8 Å². The van der Waals surface area contributed by atoms with E-state index in [1.165, 1.54) is 58.4 Å². The lowest BCUT2D eigenvalue weighted by atomic mass is 9.95. The van der Waals surface area contributed by atoms with Crippen LogP contribution in [-0.4, -0.2) is 62.3 Å². The summed E-state index contributed by atoms with van der Waals surface area (Å²) in [6, 6.07) is 0. The van der Waals surface area contributed by atoms with Gasteiger partial charge in [0, 0.05) is 39.4 Å². The van der Waals surface area contributed by atoms with Gasteiger partial charge in [-0.05, 0) is 51.6 Å². The molecule has 0 aliphatic carbocycles. The zero-order valence-electron chi connectivity index (χ0n) is 11.1. The van der Waals surface area contributed by atoms with Crippen molar-refractivity contribution in [3.05, 3.63) is 6.92 Å². The molecular weight excluding hydrogens is 212 g/mol. The van der Waals surface area contributed by atoms with Gasteiger partial charge < -0.3 is 14.5 Å². The fourth-order valence-corrected chi connectivity index (χ4v) is 2.88. The molecule has 1 radical (unpaired) electrons. The first-order valence-electron chi connectivity index (χ1n) is 7.20. The van der Waals surface area contributed by atoms with Crippen molar-refractivity contribution in [2.45, 2.75) is 25.7 Å². The van der Waals surface area contributed by atoms with Gasteiger partial charge in [0.2, 0.25) is 0 Å². The average Bonchev–Trinajstić information content (AvgIpc) is 2.41. The predicted octanol–water partition coefficient (Wildman–Crippen LogP) is 1.64. The summed E-state index contributed by atoms with van der Waals surface area (Å²) in [5, 5.41) is 0. The lowest BCUT2D eigenvalue weighted by molar-refractivity contribution is 0.0612. The van der Waals surface area contributed by atoms with E-state index in [4.69, 9.17) is 4.74 Å². The van der Waals surface area contributed by atoms with Crippen LogP contribution < -0.4 is 0 Å². The van der Waals surface area contributed by atoms with Gasteiger partial charge in [-0.3, -0.25) is 0 Å². The van der Waals surface area contributed by atoms with E-state index in [-0.39, 0.29) is 0 Å². The van der Waals surface area contributed by atoms with Crippen molar-refractivity contribution < 1.29 is 4.74 Å². The van der Waals surface area contributed by atoms with E-state index in [0.717, 1.165) is 25.7 Å². The third kappa shape index (κ3) is 4.57. The number of rotatable bonds is 5.